The lowest BCUT2D eigenvalue weighted by Gasteiger charge is -2.24. The molecule has 0 radical (unpaired) electrons. The summed E-state index contributed by atoms with van der Waals surface area (Å²) in [5.74, 6) is 0.154. The van der Waals surface area contributed by atoms with Crippen LogP contribution in [0.3, 0.4) is 0 Å². The fourth-order valence-electron chi connectivity index (χ4n) is 5.24. The molecule has 2 aliphatic rings. The van der Waals surface area contributed by atoms with Crippen molar-refractivity contribution in [3.8, 4) is 6.07 Å². The number of anilines is 1. The molecule has 1 aliphatic heterocycles. The predicted molar refractivity (Wildman–Crippen MR) is 144 cm³/mol. The number of nitrogens with two attached hydrogens (primary N) is 1. The molecule has 2 aromatic rings. The summed E-state index contributed by atoms with van der Waals surface area (Å²) < 4.78 is 35.7. The van der Waals surface area contributed by atoms with Crippen LogP contribution in [0.2, 0.25) is 0 Å². The summed E-state index contributed by atoms with van der Waals surface area (Å²) in [7, 11) is -4.50. The minimum atomic E-state index is -4.50. The quantitative estimate of drug-likeness (QED) is 0.158. The molecule has 1 aliphatic carbocycles. The van der Waals surface area contributed by atoms with E-state index in [1.807, 2.05) is 6.07 Å². The van der Waals surface area contributed by atoms with Crippen LogP contribution >= 0.6 is 7.82 Å². The molecule has 1 saturated carbocycles. The number of phosphoric acid groups is 1. The normalized spacial score (nSPS) is 29.1. The summed E-state index contributed by atoms with van der Waals surface area (Å²) in [4.78, 5) is 14.1. The molecule has 0 bridgehead atoms. The second kappa shape index (κ2) is 13.2. The van der Waals surface area contributed by atoms with Gasteiger partial charge in [0.15, 0.2) is 5.82 Å². The first-order chi connectivity index (χ1) is 19.2. The van der Waals surface area contributed by atoms with Crippen molar-refractivity contribution in [1.29, 1.82) is 5.26 Å². The van der Waals surface area contributed by atoms with Crippen LogP contribution in [0.1, 0.15) is 76.8 Å². The van der Waals surface area contributed by atoms with E-state index >= 15 is 0 Å². The summed E-state index contributed by atoms with van der Waals surface area (Å²) >= 11 is 0. The Bertz CT molecular complexity index is 1220. The number of rotatable bonds is 17. The van der Waals surface area contributed by atoms with Crippen LogP contribution in [-0.2, 0) is 28.7 Å². The van der Waals surface area contributed by atoms with Gasteiger partial charge in [-0.05, 0) is 25.0 Å². The van der Waals surface area contributed by atoms with E-state index in [9.17, 15) is 24.9 Å². The van der Waals surface area contributed by atoms with Crippen molar-refractivity contribution < 1.29 is 38.2 Å². The Morgan fingerprint density at radius 3 is 2.55 bits per heavy atom. The van der Waals surface area contributed by atoms with Gasteiger partial charge in [0.2, 0.25) is 5.60 Å². The van der Waals surface area contributed by atoms with E-state index in [0.717, 1.165) is 12.8 Å². The maximum absolute atomic E-state index is 12.5. The average molecular weight is 582 g/mol. The highest BCUT2D eigenvalue weighted by molar-refractivity contribution is 7.47. The molecule has 0 amide bonds. The van der Waals surface area contributed by atoms with E-state index in [0.29, 0.717) is 25.2 Å². The smallest absolute Gasteiger partial charge is 0.387 e. The molecule has 14 heteroatoms. The number of hydrogen-bond donors (Lipinski definition) is 4. The Morgan fingerprint density at radius 1 is 1.12 bits per heavy atom. The highest BCUT2D eigenvalue weighted by Gasteiger charge is 2.76. The standard InChI is InChI=1S/C26H40N5O8P/c1-2-3-4-5-6-7-8-9-13-36-14-10-15-37-40(34,35)38-21-16-25(21)22(32)23(33)26(17-27,39-25)20-12-11-19-24(28)29-18-30-31(19)20/h11-12,18,21-23,32-33H,2-10,13-16H2,1H3,(H,34,35)(H2,28,29,30)/t21?,22-,23+,25-,26-/m0/s1. The number of nitrogen functional groups attached to an aromatic ring is 1. The lowest BCUT2D eigenvalue weighted by atomic mass is 9.92. The van der Waals surface area contributed by atoms with Crippen LogP contribution in [0, 0.1) is 11.3 Å². The van der Waals surface area contributed by atoms with Gasteiger partial charge in [0.1, 0.15) is 41.8 Å². The fraction of sp³-hybridized carbons (Fsp3) is 0.731. The van der Waals surface area contributed by atoms with Gasteiger partial charge >= 0.3 is 7.82 Å². The third kappa shape index (κ3) is 6.50. The largest absolute Gasteiger partial charge is 0.472 e. The summed E-state index contributed by atoms with van der Waals surface area (Å²) in [5.41, 5.74) is 2.79. The Kier molecular flexibility index (Phi) is 10.2. The van der Waals surface area contributed by atoms with E-state index in [-0.39, 0.29) is 24.5 Å². The molecule has 1 spiro atoms. The number of aliphatic hydroxyl groups is 2. The van der Waals surface area contributed by atoms with Crippen molar-refractivity contribution in [3.05, 3.63) is 24.2 Å². The molecule has 40 heavy (non-hydrogen) atoms. The van der Waals surface area contributed by atoms with Crippen LogP contribution in [0.4, 0.5) is 5.82 Å². The topological polar surface area (TPSA) is 195 Å². The lowest BCUT2D eigenvalue weighted by molar-refractivity contribution is -0.0756. The number of aliphatic hydroxyl groups excluding tert-OH is 2. The highest BCUT2D eigenvalue weighted by atomic mass is 31.2. The van der Waals surface area contributed by atoms with Gasteiger partial charge in [-0.1, -0.05) is 51.9 Å². The van der Waals surface area contributed by atoms with E-state index < -0.39 is 37.3 Å². The van der Waals surface area contributed by atoms with Crippen LogP contribution in [0.15, 0.2) is 18.5 Å². The molecule has 5 N–H and O–H groups in total. The number of ether oxygens (including phenoxy) is 2. The van der Waals surface area contributed by atoms with Crippen LogP contribution in [0.5, 0.6) is 0 Å². The third-order valence-corrected chi connectivity index (χ3v) is 8.60. The first-order valence-electron chi connectivity index (χ1n) is 14.0. The zero-order valence-corrected chi connectivity index (χ0v) is 23.7. The number of nitriles is 1. The summed E-state index contributed by atoms with van der Waals surface area (Å²) in [6.07, 6.45) is 6.95. The van der Waals surface area contributed by atoms with Crippen molar-refractivity contribution in [2.24, 2.45) is 0 Å². The Morgan fingerprint density at radius 2 is 1.82 bits per heavy atom. The molecular weight excluding hydrogens is 541 g/mol. The first kappa shape index (κ1) is 30.8. The van der Waals surface area contributed by atoms with Gasteiger partial charge in [0.25, 0.3) is 0 Å². The maximum atomic E-state index is 12.5. The van der Waals surface area contributed by atoms with E-state index in [1.165, 1.54) is 55.4 Å². The highest BCUT2D eigenvalue weighted by Crippen LogP contribution is 2.62. The molecule has 4 rings (SSSR count). The van der Waals surface area contributed by atoms with Crippen molar-refractivity contribution in [2.75, 3.05) is 25.6 Å². The van der Waals surface area contributed by atoms with E-state index in [1.54, 1.807) is 6.07 Å². The Hall–Kier alpha value is -2.14. The molecule has 0 aromatic carbocycles. The summed E-state index contributed by atoms with van der Waals surface area (Å²) in [5, 5.41) is 35.9. The number of hydrogen-bond acceptors (Lipinski definition) is 11. The zero-order valence-electron chi connectivity index (χ0n) is 22.9. The molecule has 13 nitrogen and oxygen atoms in total. The second-order valence-electron chi connectivity index (χ2n) is 10.5. The third-order valence-electron chi connectivity index (χ3n) is 7.58. The molecular formula is C26H40N5O8P. The van der Waals surface area contributed by atoms with Crippen molar-refractivity contribution in [3.63, 3.8) is 0 Å². The fourth-order valence-corrected chi connectivity index (χ4v) is 6.24. The lowest BCUT2D eigenvalue weighted by Crippen LogP contribution is -2.41. The van der Waals surface area contributed by atoms with Gasteiger partial charge in [0, 0.05) is 19.6 Å². The van der Waals surface area contributed by atoms with Gasteiger partial charge < -0.3 is 30.3 Å². The van der Waals surface area contributed by atoms with Gasteiger partial charge in [0.05, 0.1) is 12.3 Å². The van der Waals surface area contributed by atoms with Gasteiger partial charge in [-0.2, -0.15) is 10.4 Å². The second-order valence-corrected chi connectivity index (χ2v) is 11.9. The number of nitrogens with zero attached hydrogens (tertiary/aromatic N) is 4. The number of unbranched alkanes of at least 4 members (excludes halogenated alkanes) is 7. The molecule has 3 heterocycles. The number of aromatic nitrogens is 3. The van der Waals surface area contributed by atoms with Crippen LogP contribution < -0.4 is 5.73 Å². The van der Waals surface area contributed by atoms with Gasteiger partial charge in [-0.25, -0.2) is 14.1 Å². The van der Waals surface area contributed by atoms with Crippen LogP contribution in [0.25, 0.3) is 5.52 Å². The zero-order chi connectivity index (χ0) is 28.8. The minimum absolute atomic E-state index is 0.0231. The Labute approximate surface area is 233 Å². The molecule has 2 fully saturated rings. The van der Waals surface area contributed by atoms with E-state index in [4.69, 9.17) is 24.3 Å². The van der Waals surface area contributed by atoms with E-state index in [2.05, 4.69) is 17.0 Å². The van der Waals surface area contributed by atoms with Gasteiger partial charge in [-0.3, -0.25) is 9.05 Å². The van der Waals surface area contributed by atoms with Crippen LogP contribution in [-0.4, -0.2) is 73.4 Å². The summed E-state index contributed by atoms with van der Waals surface area (Å²) in [6.45, 7) is 3.18. The SMILES string of the molecule is CCCCCCCCCCOCCCOP(=O)(O)OC1C[C@]12O[C@@](C#N)(c1ccc3c(N)ncnn13)[C@H](O)[C@@H]2O. The maximum Gasteiger partial charge on any atom is 0.472 e. The molecule has 1 saturated heterocycles. The molecule has 222 valence electrons. The van der Waals surface area contributed by atoms with Gasteiger partial charge in [-0.15, -0.1) is 0 Å². The van der Waals surface area contributed by atoms with Crippen molar-refractivity contribution in [1.82, 2.24) is 14.6 Å². The monoisotopic (exact) mass is 581 g/mol. The summed E-state index contributed by atoms with van der Waals surface area (Å²) in [6, 6.07) is 5.00. The molecule has 6 atom stereocenters. The predicted octanol–water partition coefficient (Wildman–Crippen LogP) is 2.97. The first-order valence-corrected chi connectivity index (χ1v) is 15.5. The van der Waals surface area contributed by atoms with Crippen molar-refractivity contribution in [2.45, 2.75) is 101 Å². The molecule has 2 aromatic heterocycles. The van der Waals surface area contributed by atoms with Crippen molar-refractivity contribution >= 4 is 19.2 Å². The average Bonchev–Trinajstić information content (AvgIpc) is 3.30. The number of fused-ring (bicyclic) bond motifs is 1. The Balaban J connectivity index is 1.21. The minimum Gasteiger partial charge on any atom is -0.387 e. The molecule has 2 unspecified atom stereocenters. The number of phosphoric ester groups is 1.